The van der Waals surface area contributed by atoms with Crippen LogP contribution < -0.4 is 0 Å². The molecule has 5 heteroatoms. The Labute approximate surface area is 157 Å². The zero-order valence-electron chi connectivity index (χ0n) is 13.1. The van der Waals surface area contributed by atoms with Gasteiger partial charge in [-0.3, -0.25) is 0 Å². The van der Waals surface area contributed by atoms with E-state index >= 15 is 0 Å². The van der Waals surface area contributed by atoms with E-state index in [1.165, 1.54) is 11.3 Å². The molecule has 1 N–H and O–H groups in total. The van der Waals surface area contributed by atoms with Crippen molar-refractivity contribution in [1.82, 2.24) is 4.98 Å². The van der Waals surface area contributed by atoms with Crippen LogP contribution in [0.5, 0.6) is 5.75 Å². The number of aliphatic imine (C=N–C) groups is 1. The molecule has 25 heavy (non-hydrogen) atoms. The van der Waals surface area contributed by atoms with Gasteiger partial charge < -0.3 is 5.11 Å². The first-order valence-electron chi connectivity index (χ1n) is 7.67. The molecule has 4 rings (SSSR count). The molecule has 0 aliphatic heterocycles. The minimum Gasteiger partial charge on any atom is -0.507 e. The predicted octanol–water partition coefficient (Wildman–Crippen LogP) is 6.18. The summed E-state index contributed by atoms with van der Waals surface area (Å²) in [6, 6.07) is 19.6. The second kappa shape index (κ2) is 6.78. The fraction of sp³-hybridized carbons (Fsp3) is 0. The van der Waals surface area contributed by atoms with E-state index in [9.17, 15) is 5.11 Å². The Hall–Kier alpha value is -2.50. The summed E-state index contributed by atoms with van der Waals surface area (Å²) in [5.74, 6) is 0.242. The number of thiazole rings is 1. The molecule has 0 spiro atoms. The summed E-state index contributed by atoms with van der Waals surface area (Å²) in [6.45, 7) is 0. The molecule has 0 aliphatic rings. The second-order valence-electron chi connectivity index (χ2n) is 5.50. The van der Waals surface area contributed by atoms with Crippen molar-refractivity contribution in [1.29, 1.82) is 0 Å². The summed E-state index contributed by atoms with van der Waals surface area (Å²) in [5.41, 5.74) is 2.63. The van der Waals surface area contributed by atoms with Crippen LogP contribution in [0.2, 0.25) is 0 Å². The van der Waals surface area contributed by atoms with E-state index in [4.69, 9.17) is 0 Å². The number of hydrogen-bond acceptors (Lipinski definition) is 4. The van der Waals surface area contributed by atoms with E-state index in [0.717, 1.165) is 26.5 Å². The summed E-state index contributed by atoms with van der Waals surface area (Å²) in [7, 11) is 0. The van der Waals surface area contributed by atoms with Crippen LogP contribution in [-0.2, 0) is 0 Å². The quantitative estimate of drug-likeness (QED) is 0.411. The van der Waals surface area contributed by atoms with Crippen LogP contribution in [0.4, 0.5) is 5.13 Å². The summed E-state index contributed by atoms with van der Waals surface area (Å²) in [5, 5.41) is 14.9. The Balaban J connectivity index is 1.62. The zero-order chi connectivity index (χ0) is 17.2. The standard InChI is InChI=1S/C20H13BrN2OS/c21-16-9-7-14(8-10-16)18-12-25-20(23-18)22-11-15-6-5-13-3-1-2-4-17(13)19(15)24/h1-12,24H/b22-11+. The van der Waals surface area contributed by atoms with Crippen LogP contribution in [0.25, 0.3) is 22.0 Å². The van der Waals surface area contributed by atoms with Gasteiger partial charge in [0.1, 0.15) is 5.75 Å². The fourth-order valence-electron chi connectivity index (χ4n) is 2.58. The average molecular weight is 409 g/mol. The molecule has 0 saturated heterocycles. The molecule has 1 heterocycles. The molecule has 0 fully saturated rings. The predicted molar refractivity (Wildman–Crippen MR) is 108 cm³/mol. The Morgan fingerprint density at radius 1 is 1.00 bits per heavy atom. The van der Waals surface area contributed by atoms with Gasteiger partial charge in [-0.25, -0.2) is 9.98 Å². The van der Waals surface area contributed by atoms with Gasteiger partial charge in [0.25, 0.3) is 0 Å². The van der Waals surface area contributed by atoms with Crippen molar-refractivity contribution < 1.29 is 5.11 Å². The molecule has 0 radical (unpaired) electrons. The summed E-state index contributed by atoms with van der Waals surface area (Å²) in [4.78, 5) is 8.96. The van der Waals surface area contributed by atoms with E-state index in [1.807, 2.05) is 66.0 Å². The van der Waals surface area contributed by atoms with Crippen LogP contribution in [0, 0.1) is 0 Å². The van der Waals surface area contributed by atoms with Crippen molar-refractivity contribution >= 4 is 49.4 Å². The maximum absolute atomic E-state index is 10.4. The van der Waals surface area contributed by atoms with Crippen LogP contribution >= 0.6 is 27.3 Å². The van der Waals surface area contributed by atoms with Gasteiger partial charge >= 0.3 is 0 Å². The molecule has 0 unspecified atom stereocenters. The number of phenolic OH excluding ortho intramolecular Hbond substituents is 1. The molecule has 122 valence electrons. The van der Waals surface area contributed by atoms with E-state index in [0.29, 0.717) is 10.7 Å². The third-order valence-corrected chi connectivity index (χ3v) is 5.16. The maximum Gasteiger partial charge on any atom is 0.209 e. The maximum atomic E-state index is 10.4. The fourth-order valence-corrected chi connectivity index (χ4v) is 3.51. The monoisotopic (exact) mass is 408 g/mol. The zero-order valence-corrected chi connectivity index (χ0v) is 15.5. The van der Waals surface area contributed by atoms with Gasteiger partial charge in [0.05, 0.1) is 5.69 Å². The first-order chi connectivity index (χ1) is 12.2. The molecule has 1 aromatic heterocycles. The Morgan fingerprint density at radius 2 is 1.80 bits per heavy atom. The number of hydrogen-bond donors (Lipinski definition) is 1. The number of halogens is 1. The SMILES string of the molecule is Oc1c(/C=N/c2nc(-c3ccc(Br)cc3)cs2)ccc2ccccc12. The number of fused-ring (bicyclic) bond motifs is 1. The minimum absolute atomic E-state index is 0.242. The first-order valence-corrected chi connectivity index (χ1v) is 9.34. The summed E-state index contributed by atoms with van der Waals surface area (Å²) < 4.78 is 1.04. The lowest BCUT2D eigenvalue weighted by atomic mass is 10.1. The highest BCUT2D eigenvalue weighted by molar-refractivity contribution is 9.10. The Bertz CT molecular complexity index is 1070. The molecule has 3 aromatic carbocycles. The molecule has 0 bridgehead atoms. The lowest BCUT2D eigenvalue weighted by molar-refractivity contribution is 0.481. The average Bonchev–Trinajstić information content (AvgIpc) is 3.11. The number of aromatic nitrogens is 1. The van der Waals surface area contributed by atoms with Gasteiger partial charge in [-0.1, -0.05) is 58.4 Å². The molecule has 0 amide bonds. The lowest BCUT2D eigenvalue weighted by Gasteiger charge is -2.03. The molecule has 0 saturated carbocycles. The van der Waals surface area contributed by atoms with Crippen molar-refractivity contribution in [2.75, 3.05) is 0 Å². The van der Waals surface area contributed by atoms with E-state index in [1.54, 1.807) is 6.21 Å². The molecule has 0 atom stereocenters. The Morgan fingerprint density at radius 3 is 2.64 bits per heavy atom. The van der Waals surface area contributed by atoms with Crippen molar-refractivity contribution in [3.8, 4) is 17.0 Å². The molecule has 4 aromatic rings. The summed E-state index contributed by atoms with van der Waals surface area (Å²) in [6.07, 6.45) is 1.66. The van der Waals surface area contributed by atoms with Crippen molar-refractivity contribution in [2.45, 2.75) is 0 Å². The smallest absolute Gasteiger partial charge is 0.209 e. The molecular weight excluding hydrogens is 396 g/mol. The van der Waals surface area contributed by atoms with Crippen molar-refractivity contribution in [2.24, 2.45) is 4.99 Å². The van der Waals surface area contributed by atoms with Crippen molar-refractivity contribution in [3.63, 3.8) is 0 Å². The van der Waals surface area contributed by atoms with Crippen LogP contribution in [0.1, 0.15) is 5.56 Å². The van der Waals surface area contributed by atoms with Gasteiger partial charge in [-0.15, -0.1) is 11.3 Å². The third-order valence-electron chi connectivity index (χ3n) is 3.88. The van der Waals surface area contributed by atoms with E-state index in [2.05, 4.69) is 25.9 Å². The van der Waals surface area contributed by atoms with E-state index in [-0.39, 0.29) is 5.75 Å². The summed E-state index contributed by atoms with van der Waals surface area (Å²) >= 11 is 4.91. The van der Waals surface area contributed by atoms with Crippen molar-refractivity contribution in [3.05, 3.63) is 76.1 Å². The number of phenols is 1. The topological polar surface area (TPSA) is 45.5 Å². The van der Waals surface area contributed by atoms with Gasteiger partial charge in [0.15, 0.2) is 0 Å². The second-order valence-corrected chi connectivity index (χ2v) is 7.26. The normalized spacial score (nSPS) is 11.4. The van der Waals surface area contributed by atoms with Crippen LogP contribution in [0.3, 0.4) is 0 Å². The molecule has 0 aliphatic carbocycles. The molecular formula is C20H13BrN2OS. The number of benzene rings is 3. The van der Waals surface area contributed by atoms with Crippen LogP contribution in [0.15, 0.2) is 75.5 Å². The van der Waals surface area contributed by atoms with Gasteiger partial charge in [-0.2, -0.15) is 0 Å². The number of aromatic hydroxyl groups is 1. The molecule has 3 nitrogen and oxygen atoms in total. The minimum atomic E-state index is 0.242. The lowest BCUT2D eigenvalue weighted by Crippen LogP contribution is -1.84. The highest BCUT2D eigenvalue weighted by Gasteiger charge is 2.06. The Kier molecular flexibility index (Phi) is 4.34. The van der Waals surface area contributed by atoms with Gasteiger partial charge in [0, 0.05) is 32.6 Å². The first kappa shape index (κ1) is 16.0. The number of nitrogens with zero attached hydrogens (tertiary/aromatic N) is 2. The largest absolute Gasteiger partial charge is 0.507 e. The highest BCUT2D eigenvalue weighted by Crippen LogP contribution is 2.30. The van der Waals surface area contributed by atoms with E-state index < -0.39 is 0 Å². The van der Waals surface area contributed by atoms with Gasteiger partial charge in [0.2, 0.25) is 5.13 Å². The number of rotatable bonds is 3. The highest BCUT2D eigenvalue weighted by atomic mass is 79.9. The van der Waals surface area contributed by atoms with Gasteiger partial charge in [-0.05, 0) is 23.6 Å². The third kappa shape index (κ3) is 3.34. The van der Waals surface area contributed by atoms with Crippen LogP contribution in [-0.4, -0.2) is 16.3 Å².